The molecule has 98 valence electrons. The Labute approximate surface area is 107 Å². The van der Waals surface area contributed by atoms with E-state index in [2.05, 4.69) is 20.7 Å². The molecule has 0 saturated carbocycles. The van der Waals surface area contributed by atoms with Gasteiger partial charge in [-0.2, -0.15) is 0 Å². The summed E-state index contributed by atoms with van der Waals surface area (Å²) in [5.41, 5.74) is 0. The molecule has 0 aliphatic heterocycles. The summed E-state index contributed by atoms with van der Waals surface area (Å²) in [6.07, 6.45) is 1.34. The first-order chi connectivity index (χ1) is 7.43. The fraction of sp³-hybridized carbons (Fsp3) is 1.00. The normalized spacial score (nSPS) is 14.3. The molecule has 0 bridgehead atoms. The fourth-order valence-corrected chi connectivity index (χ4v) is 3.29. The van der Waals surface area contributed by atoms with Crippen LogP contribution in [0.2, 0.25) is 0 Å². The molecule has 0 aliphatic carbocycles. The highest BCUT2D eigenvalue weighted by molar-refractivity contribution is 9.09. The molecule has 0 aromatic heterocycles. The Morgan fingerprint density at radius 2 is 2.00 bits per heavy atom. The molecule has 0 fully saturated rings. The minimum absolute atomic E-state index is 0.00641. The van der Waals surface area contributed by atoms with E-state index in [-0.39, 0.29) is 11.8 Å². The Balaban J connectivity index is 4.19. The molecule has 0 aromatic carbocycles. The topological polar surface area (TPSA) is 55.4 Å². The molecule has 0 amide bonds. The highest BCUT2D eigenvalue weighted by atomic mass is 79.9. The predicted octanol–water partition coefficient (Wildman–Crippen LogP) is 1.75. The number of hydrogen-bond donors (Lipinski definition) is 1. The van der Waals surface area contributed by atoms with Crippen LogP contribution in [-0.4, -0.2) is 39.3 Å². The first kappa shape index (κ1) is 16.4. The van der Waals surface area contributed by atoms with Gasteiger partial charge in [0.25, 0.3) is 0 Å². The molecular formula is C10H22BrNO3S. The number of methoxy groups -OCH3 is 1. The van der Waals surface area contributed by atoms with Gasteiger partial charge in [0.1, 0.15) is 0 Å². The number of sulfonamides is 1. The second-order valence-electron chi connectivity index (χ2n) is 4.11. The molecule has 16 heavy (non-hydrogen) atoms. The third kappa shape index (κ3) is 7.60. The van der Waals surface area contributed by atoms with Crippen LogP contribution in [0.4, 0.5) is 0 Å². The summed E-state index contributed by atoms with van der Waals surface area (Å²) < 4.78 is 31.0. The van der Waals surface area contributed by atoms with Crippen LogP contribution >= 0.6 is 15.9 Å². The molecule has 0 rings (SSSR count). The zero-order valence-corrected chi connectivity index (χ0v) is 12.6. The molecule has 0 aliphatic rings. The van der Waals surface area contributed by atoms with Crippen LogP contribution < -0.4 is 4.72 Å². The van der Waals surface area contributed by atoms with Crippen molar-refractivity contribution in [2.45, 2.75) is 32.7 Å². The average Bonchev–Trinajstić information content (AvgIpc) is 2.17. The average molecular weight is 316 g/mol. The number of rotatable bonds is 9. The van der Waals surface area contributed by atoms with Crippen molar-refractivity contribution in [2.24, 2.45) is 5.92 Å². The van der Waals surface area contributed by atoms with Crippen molar-refractivity contribution < 1.29 is 13.2 Å². The van der Waals surface area contributed by atoms with E-state index in [1.165, 1.54) is 0 Å². The van der Waals surface area contributed by atoms with Crippen molar-refractivity contribution in [1.82, 2.24) is 4.72 Å². The Hall–Kier alpha value is 0.350. The van der Waals surface area contributed by atoms with E-state index in [9.17, 15) is 8.42 Å². The summed E-state index contributed by atoms with van der Waals surface area (Å²) in [6, 6.07) is 0.00641. The monoisotopic (exact) mass is 315 g/mol. The summed E-state index contributed by atoms with van der Waals surface area (Å²) in [5.74, 6) is 0.432. The maximum Gasteiger partial charge on any atom is 0.211 e. The van der Waals surface area contributed by atoms with Crippen LogP contribution in [-0.2, 0) is 14.8 Å². The Morgan fingerprint density at radius 1 is 1.38 bits per heavy atom. The summed E-state index contributed by atoms with van der Waals surface area (Å²) in [4.78, 5) is 0. The zero-order chi connectivity index (χ0) is 12.6. The molecule has 1 unspecified atom stereocenters. The quantitative estimate of drug-likeness (QED) is 0.521. The Bertz CT molecular complexity index is 267. The summed E-state index contributed by atoms with van der Waals surface area (Å²) in [5, 5.41) is 0.802. The number of ether oxygens (including phenoxy) is 1. The molecule has 0 heterocycles. The Kier molecular flexibility index (Phi) is 8.63. The molecule has 4 nitrogen and oxygen atoms in total. The molecule has 0 aromatic rings. The first-order valence-electron chi connectivity index (χ1n) is 5.48. The van der Waals surface area contributed by atoms with E-state index < -0.39 is 10.0 Å². The van der Waals surface area contributed by atoms with E-state index in [1.54, 1.807) is 7.11 Å². The van der Waals surface area contributed by atoms with Gasteiger partial charge in [0.2, 0.25) is 10.0 Å². The maximum atomic E-state index is 11.7. The van der Waals surface area contributed by atoms with Crippen molar-refractivity contribution >= 4 is 26.0 Å². The number of nitrogens with one attached hydrogen (secondary N) is 1. The van der Waals surface area contributed by atoms with Gasteiger partial charge < -0.3 is 4.74 Å². The van der Waals surface area contributed by atoms with Gasteiger partial charge in [0.15, 0.2) is 0 Å². The lowest BCUT2D eigenvalue weighted by Crippen LogP contribution is -2.40. The van der Waals surface area contributed by atoms with Gasteiger partial charge >= 0.3 is 0 Å². The molecule has 6 heteroatoms. The van der Waals surface area contributed by atoms with Crippen molar-refractivity contribution in [3.05, 3.63) is 0 Å². The second kappa shape index (κ2) is 8.44. The molecule has 0 radical (unpaired) electrons. The standard InChI is InChI=1S/C10H22BrNO3S/c1-9(2)10(5-6-11)12-16(13,14)8-4-7-15-3/h9-10,12H,4-8H2,1-3H3. The van der Waals surface area contributed by atoms with Crippen molar-refractivity contribution in [1.29, 1.82) is 0 Å². The number of halogens is 1. The van der Waals surface area contributed by atoms with Crippen LogP contribution in [0.25, 0.3) is 0 Å². The van der Waals surface area contributed by atoms with Gasteiger partial charge in [-0.25, -0.2) is 13.1 Å². The van der Waals surface area contributed by atoms with Crippen LogP contribution in [0.5, 0.6) is 0 Å². The summed E-state index contributed by atoms with van der Waals surface area (Å²) in [7, 11) is -1.60. The van der Waals surface area contributed by atoms with Crippen molar-refractivity contribution in [2.75, 3.05) is 24.8 Å². The molecule has 0 saturated heterocycles. The van der Waals surface area contributed by atoms with Gasteiger partial charge in [-0.15, -0.1) is 0 Å². The largest absolute Gasteiger partial charge is 0.385 e. The van der Waals surface area contributed by atoms with E-state index in [1.807, 2.05) is 13.8 Å². The van der Waals surface area contributed by atoms with Gasteiger partial charge in [0.05, 0.1) is 5.75 Å². The van der Waals surface area contributed by atoms with Gasteiger partial charge in [0, 0.05) is 25.1 Å². The fourth-order valence-electron chi connectivity index (χ4n) is 1.33. The van der Waals surface area contributed by atoms with Crippen LogP contribution in [0.1, 0.15) is 26.7 Å². The van der Waals surface area contributed by atoms with E-state index in [0.29, 0.717) is 18.9 Å². The van der Waals surface area contributed by atoms with Gasteiger partial charge in [-0.05, 0) is 18.8 Å². The SMILES string of the molecule is COCCCS(=O)(=O)NC(CCBr)C(C)C. The summed E-state index contributed by atoms with van der Waals surface area (Å²) >= 11 is 3.33. The smallest absolute Gasteiger partial charge is 0.211 e. The third-order valence-corrected chi connectivity index (χ3v) is 4.26. The number of hydrogen-bond acceptors (Lipinski definition) is 3. The first-order valence-corrected chi connectivity index (χ1v) is 8.25. The number of alkyl halides is 1. The van der Waals surface area contributed by atoms with Crippen molar-refractivity contribution in [3.8, 4) is 0 Å². The van der Waals surface area contributed by atoms with Crippen molar-refractivity contribution in [3.63, 3.8) is 0 Å². The van der Waals surface area contributed by atoms with Gasteiger partial charge in [-0.1, -0.05) is 29.8 Å². The van der Waals surface area contributed by atoms with E-state index in [0.717, 1.165) is 11.8 Å². The van der Waals surface area contributed by atoms with Crippen LogP contribution in [0.15, 0.2) is 0 Å². The zero-order valence-electron chi connectivity index (χ0n) is 10.2. The van der Waals surface area contributed by atoms with Crippen LogP contribution in [0, 0.1) is 5.92 Å². The highest BCUT2D eigenvalue weighted by Crippen LogP contribution is 2.09. The Morgan fingerprint density at radius 3 is 2.44 bits per heavy atom. The van der Waals surface area contributed by atoms with Crippen LogP contribution in [0.3, 0.4) is 0 Å². The van der Waals surface area contributed by atoms with Gasteiger partial charge in [-0.3, -0.25) is 0 Å². The molecule has 1 N–H and O–H groups in total. The lowest BCUT2D eigenvalue weighted by Gasteiger charge is -2.21. The predicted molar refractivity (Wildman–Crippen MR) is 70.5 cm³/mol. The van der Waals surface area contributed by atoms with E-state index in [4.69, 9.17) is 4.74 Å². The minimum atomic E-state index is -3.17. The minimum Gasteiger partial charge on any atom is -0.385 e. The summed E-state index contributed by atoms with van der Waals surface area (Å²) in [6.45, 7) is 4.52. The lowest BCUT2D eigenvalue weighted by molar-refractivity contribution is 0.199. The third-order valence-electron chi connectivity index (χ3n) is 2.32. The molecule has 0 spiro atoms. The van der Waals surface area contributed by atoms with E-state index >= 15 is 0 Å². The second-order valence-corrected chi connectivity index (χ2v) is 6.78. The maximum absolute atomic E-state index is 11.7. The lowest BCUT2D eigenvalue weighted by atomic mass is 10.0. The molecular weight excluding hydrogens is 294 g/mol. The molecule has 1 atom stereocenters. The highest BCUT2D eigenvalue weighted by Gasteiger charge is 2.19.